The Balaban J connectivity index is 3.09. The van der Waals surface area contributed by atoms with Gasteiger partial charge >= 0.3 is 0 Å². The quantitative estimate of drug-likeness (QED) is 0.339. The molecule has 0 atom stereocenters. The van der Waals surface area contributed by atoms with E-state index in [1.54, 1.807) is 0 Å². The fourth-order valence-electron chi connectivity index (χ4n) is 0.611. The summed E-state index contributed by atoms with van der Waals surface area (Å²) in [6, 6.07) is 0. The highest BCUT2D eigenvalue weighted by atomic mass is 14.3. The van der Waals surface area contributed by atoms with Gasteiger partial charge in [-0.15, -0.1) is 0 Å². The van der Waals surface area contributed by atoms with Crippen LogP contribution in [-0.2, 0) is 0 Å². The average molecular weight is 125 g/mol. The Bertz CT molecular complexity index is 99.1. The molecule has 0 fully saturated rings. The van der Waals surface area contributed by atoms with Gasteiger partial charge in [-0.1, -0.05) is 11.6 Å². The first-order chi connectivity index (χ1) is 4.27. The molecule has 0 saturated heterocycles. The number of hydrogen-bond donors (Lipinski definition) is 1. The summed E-state index contributed by atoms with van der Waals surface area (Å²) in [5, 5.41) is 6.74. The standard InChI is InChI=1S/C8H15N/c1-8(2)6-4-3-5-7-9/h6-7,9H,3-5H2,1-2H3. The minimum Gasteiger partial charge on any atom is -0.313 e. The van der Waals surface area contributed by atoms with Gasteiger partial charge in [0.25, 0.3) is 0 Å². The molecule has 0 saturated carbocycles. The molecule has 1 nitrogen and oxygen atoms in total. The first kappa shape index (κ1) is 8.41. The van der Waals surface area contributed by atoms with Crippen LogP contribution in [-0.4, -0.2) is 6.21 Å². The van der Waals surface area contributed by atoms with Crippen molar-refractivity contribution in [2.24, 2.45) is 0 Å². The average Bonchev–Trinajstić information content (AvgIpc) is 1.80. The van der Waals surface area contributed by atoms with Gasteiger partial charge in [0.15, 0.2) is 0 Å². The molecular weight excluding hydrogens is 110 g/mol. The molecular formula is C8H15N. The zero-order valence-corrected chi connectivity index (χ0v) is 6.28. The lowest BCUT2D eigenvalue weighted by atomic mass is 10.2. The second kappa shape index (κ2) is 5.54. The van der Waals surface area contributed by atoms with Crippen molar-refractivity contribution in [3.63, 3.8) is 0 Å². The third-order valence-corrected chi connectivity index (χ3v) is 1.11. The molecule has 0 unspecified atom stereocenters. The Morgan fingerprint density at radius 2 is 2.00 bits per heavy atom. The van der Waals surface area contributed by atoms with Crippen LogP contribution in [0.3, 0.4) is 0 Å². The van der Waals surface area contributed by atoms with Gasteiger partial charge in [-0.3, -0.25) is 0 Å². The van der Waals surface area contributed by atoms with Gasteiger partial charge in [0.2, 0.25) is 0 Å². The van der Waals surface area contributed by atoms with E-state index in [-0.39, 0.29) is 0 Å². The highest BCUT2D eigenvalue weighted by Gasteiger charge is 1.80. The van der Waals surface area contributed by atoms with E-state index in [2.05, 4.69) is 19.9 Å². The van der Waals surface area contributed by atoms with Crippen molar-refractivity contribution in [3.05, 3.63) is 11.6 Å². The van der Waals surface area contributed by atoms with Gasteiger partial charge in [-0.2, -0.15) is 0 Å². The molecule has 1 heteroatoms. The van der Waals surface area contributed by atoms with Gasteiger partial charge in [-0.25, -0.2) is 0 Å². The van der Waals surface area contributed by atoms with Crippen LogP contribution in [0.1, 0.15) is 33.1 Å². The van der Waals surface area contributed by atoms with Gasteiger partial charge in [0, 0.05) is 0 Å². The number of allylic oxidation sites excluding steroid dienone is 2. The van der Waals surface area contributed by atoms with Crippen LogP contribution in [0.5, 0.6) is 0 Å². The first-order valence-corrected chi connectivity index (χ1v) is 3.39. The van der Waals surface area contributed by atoms with Crippen LogP contribution >= 0.6 is 0 Å². The smallest absolute Gasteiger partial charge is 0.00476 e. The molecule has 1 N–H and O–H groups in total. The Hall–Kier alpha value is -0.590. The van der Waals surface area contributed by atoms with Crippen molar-refractivity contribution < 1.29 is 0 Å². The summed E-state index contributed by atoms with van der Waals surface area (Å²) in [6.45, 7) is 4.20. The van der Waals surface area contributed by atoms with E-state index >= 15 is 0 Å². The lowest BCUT2D eigenvalue weighted by molar-refractivity contribution is 0.894. The molecule has 52 valence electrons. The number of unbranched alkanes of at least 4 members (excludes halogenated alkanes) is 2. The largest absolute Gasteiger partial charge is 0.313 e. The molecule has 0 rings (SSSR count). The van der Waals surface area contributed by atoms with E-state index < -0.39 is 0 Å². The van der Waals surface area contributed by atoms with Crippen molar-refractivity contribution in [1.29, 1.82) is 5.41 Å². The predicted molar refractivity (Wildman–Crippen MR) is 42.1 cm³/mol. The zero-order chi connectivity index (χ0) is 7.11. The SMILES string of the molecule is CC(C)=CCCCC=N. The second-order valence-electron chi connectivity index (χ2n) is 2.42. The summed E-state index contributed by atoms with van der Waals surface area (Å²) >= 11 is 0. The summed E-state index contributed by atoms with van der Waals surface area (Å²) in [6.07, 6.45) is 6.85. The zero-order valence-electron chi connectivity index (χ0n) is 6.28. The Morgan fingerprint density at radius 1 is 1.33 bits per heavy atom. The maximum atomic E-state index is 6.74. The number of hydrogen-bond acceptors (Lipinski definition) is 1. The second-order valence-corrected chi connectivity index (χ2v) is 2.42. The predicted octanol–water partition coefficient (Wildman–Crippen LogP) is 2.77. The normalized spacial score (nSPS) is 8.67. The van der Waals surface area contributed by atoms with E-state index in [1.165, 1.54) is 11.8 Å². The van der Waals surface area contributed by atoms with Crippen molar-refractivity contribution in [2.75, 3.05) is 0 Å². The van der Waals surface area contributed by atoms with Crippen LogP contribution in [0.2, 0.25) is 0 Å². The number of nitrogens with one attached hydrogen (secondary N) is 1. The summed E-state index contributed by atoms with van der Waals surface area (Å²) < 4.78 is 0. The third-order valence-electron chi connectivity index (χ3n) is 1.11. The van der Waals surface area contributed by atoms with Crippen LogP contribution in [0.15, 0.2) is 11.6 Å². The van der Waals surface area contributed by atoms with Crippen LogP contribution in [0, 0.1) is 5.41 Å². The molecule has 0 aromatic heterocycles. The van der Waals surface area contributed by atoms with Crippen molar-refractivity contribution in [1.82, 2.24) is 0 Å². The van der Waals surface area contributed by atoms with E-state index in [0.29, 0.717) is 0 Å². The maximum Gasteiger partial charge on any atom is -0.00476 e. The molecule has 0 aliphatic carbocycles. The molecule has 0 spiro atoms. The Kier molecular flexibility index (Phi) is 5.18. The topological polar surface area (TPSA) is 23.9 Å². The highest BCUT2D eigenvalue weighted by molar-refractivity contribution is 5.52. The molecule has 0 aliphatic rings. The molecule has 0 aromatic carbocycles. The Morgan fingerprint density at radius 3 is 2.44 bits per heavy atom. The van der Waals surface area contributed by atoms with Gasteiger partial charge < -0.3 is 5.41 Å². The molecule has 9 heavy (non-hydrogen) atoms. The lowest BCUT2D eigenvalue weighted by Gasteiger charge is -1.89. The first-order valence-electron chi connectivity index (χ1n) is 3.39. The minimum atomic E-state index is 0.920. The highest BCUT2D eigenvalue weighted by Crippen LogP contribution is 1.98. The van der Waals surface area contributed by atoms with Crippen LogP contribution in [0.4, 0.5) is 0 Å². The maximum absolute atomic E-state index is 6.74. The summed E-state index contributed by atoms with van der Waals surface area (Å²) in [5.41, 5.74) is 1.37. The minimum absolute atomic E-state index is 0.920. The van der Waals surface area contributed by atoms with E-state index in [4.69, 9.17) is 5.41 Å². The molecule has 0 amide bonds. The van der Waals surface area contributed by atoms with Crippen molar-refractivity contribution in [2.45, 2.75) is 33.1 Å². The monoisotopic (exact) mass is 125 g/mol. The van der Waals surface area contributed by atoms with Gasteiger partial charge in [0.1, 0.15) is 0 Å². The van der Waals surface area contributed by atoms with E-state index in [0.717, 1.165) is 19.3 Å². The summed E-state index contributed by atoms with van der Waals surface area (Å²) in [4.78, 5) is 0. The van der Waals surface area contributed by atoms with Crippen LogP contribution in [0.25, 0.3) is 0 Å². The summed E-state index contributed by atoms with van der Waals surface area (Å²) in [5.74, 6) is 0. The molecule has 0 radical (unpaired) electrons. The van der Waals surface area contributed by atoms with Crippen LogP contribution < -0.4 is 0 Å². The van der Waals surface area contributed by atoms with Gasteiger partial charge in [0.05, 0.1) is 0 Å². The fraction of sp³-hybridized carbons (Fsp3) is 0.625. The van der Waals surface area contributed by atoms with E-state index in [9.17, 15) is 0 Å². The number of rotatable bonds is 4. The molecule has 0 aromatic rings. The third kappa shape index (κ3) is 7.41. The van der Waals surface area contributed by atoms with E-state index in [1.807, 2.05) is 0 Å². The van der Waals surface area contributed by atoms with Crippen molar-refractivity contribution in [3.8, 4) is 0 Å². The lowest BCUT2D eigenvalue weighted by Crippen LogP contribution is -1.73. The van der Waals surface area contributed by atoms with Crippen molar-refractivity contribution >= 4 is 6.21 Å². The molecule has 0 bridgehead atoms. The molecule has 0 aliphatic heterocycles. The Labute approximate surface area is 57.3 Å². The van der Waals surface area contributed by atoms with Gasteiger partial charge in [-0.05, 0) is 39.3 Å². The molecule has 0 heterocycles. The fourth-order valence-corrected chi connectivity index (χ4v) is 0.611. The summed E-state index contributed by atoms with van der Waals surface area (Å²) in [7, 11) is 0.